The molecule has 0 spiro atoms. The van der Waals surface area contributed by atoms with Crippen molar-refractivity contribution in [1.82, 2.24) is 20.0 Å². The van der Waals surface area contributed by atoms with E-state index >= 15 is 0 Å². The van der Waals surface area contributed by atoms with Gasteiger partial charge in [0.15, 0.2) is 0 Å². The number of aryl methyl sites for hydroxylation is 1. The van der Waals surface area contributed by atoms with Crippen molar-refractivity contribution >= 4 is 34.5 Å². The molecule has 2 heterocycles. The van der Waals surface area contributed by atoms with Crippen LogP contribution in [0.2, 0.25) is 10.0 Å². The first-order valence-corrected chi connectivity index (χ1v) is 9.42. The number of aromatic nitrogens is 4. The summed E-state index contributed by atoms with van der Waals surface area (Å²) >= 11 is 13.4. The minimum atomic E-state index is -3.11. The summed E-state index contributed by atoms with van der Waals surface area (Å²) < 4.78 is 50.5. The van der Waals surface area contributed by atoms with E-state index in [2.05, 4.69) is 20.0 Å². The quantitative estimate of drug-likeness (QED) is 0.465. The first kappa shape index (κ1) is 20.7. The Balaban J connectivity index is 2.00. The summed E-state index contributed by atoms with van der Waals surface area (Å²) in [5.41, 5.74) is -0.198. The largest absolute Gasteiger partial charge is 0.428 e. The zero-order valence-electron chi connectivity index (χ0n) is 14.7. The summed E-state index contributed by atoms with van der Waals surface area (Å²) in [4.78, 5) is 0. The standard InChI is InChI=1S/C16H13Cl2F3N4O2S/c1-6(2)13-22-23-16(28-13)26-10-4-7(9(19)5-8(10)17)12-11(18)14(25(3)24-12)27-15(20)21/h4-6,15H,1-3H3. The van der Waals surface area contributed by atoms with Crippen molar-refractivity contribution in [2.75, 3.05) is 0 Å². The highest BCUT2D eigenvalue weighted by atomic mass is 35.5. The van der Waals surface area contributed by atoms with Crippen LogP contribution in [0.3, 0.4) is 0 Å². The number of halogens is 5. The molecule has 0 aliphatic heterocycles. The van der Waals surface area contributed by atoms with Crippen LogP contribution in [0, 0.1) is 5.82 Å². The zero-order chi connectivity index (χ0) is 20.6. The fraction of sp³-hybridized carbons (Fsp3) is 0.312. The Morgan fingerprint density at radius 3 is 2.50 bits per heavy atom. The molecule has 0 fully saturated rings. The summed E-state index contributed by atoms with van der Waals surface area (Å²) in [6.45, 7) is 0.799. The van der Waals surface area contributed by atoms with Gasteiger partial charge in [-0.25, -0.2) is 9.07 Å². The van der Waals surface area contributed by atoms with E-state index in [-0.39, 0.29) is 38.2 Å². The van der Waals surface area contributed by atoms with Crippen LogP contribution in [0.1, 0.15) is 24.8 Å². The van der Waals surface area contributed by atoms with E-state index < -0.39 is 18.3 Å². The summed E-state index contributed by atoms with van der Waals surface area (Å²) in [6, 6.07) is 2.27. The Bertz CT molecular complexity index is 1010. The average Bonchev–Trinajstić information content (AvgIpc) is 3.17. The number of nitrogens with zero attached hydrogens (tertiary/aromatic N) is 4. The van der Waals surface area contributed by atoms with E-state index in [0.29, 0.717) is 0 Å². The van der Waals surface area contributed by atoms with Crippen LogP contribution >= 0.6 is 34.5 Å². The lowest BCUT2D eigenvalue weighted by Crippen LogP contribution is -2.06. The van der Waals surface area contributed by atoms with Gasteiger partial charge in [-0.3, -0.25) is 0 Å². The Morgan fingerprint density at radius 2 is 1.89 bits per heavy atom. The van der Waals surface area contributed by atoms with Gasteiger partial charge in [0.25, 0.3) is 5.19 Å². The molecule has 12 heteroatoms. The summed E-state index contributed by atoms with van der Waals surface area (Å²) in [5.74, 6) is -0.910. The topological polar surface area (TPSA) is 62.1 Å². The highest BCUT2D eigenvalue weighted by Gasteiger charge is 2.24. The van der Waals surface area contributed by atoms with Gasteiger partial charge in [-0.15, -0.1) is 5.10 Å². The van der Waals surface area contributed by atoms with Gasteiger partial charge in [-0.2, -0.15) is 13.9 Å². The van der Waals surface area contributed by atoms with Gasteiger partial charge in [0.05, 0.1) is 5.02 Å². The van der Waals surface area contributed by atoms with E-state index in [1.165, 1.54) is 24.5 Å². The third-order valence-corrected chi connectivity index (χ3v) is 5.27. The van der Waals surface area contributed by atoms with Gasteiger partial charge in [0.1, 0.15) is 27.3 Å². The minimum Gasteiger partial charge on any atom is -0.428 e. The summed E-state index contributed by atoms with van der Waals surface area (Å²) in [7, 11) is 1.34. The predicted molar refractivity (Wildman–Crippen MR) is 99.3 cm³/mol. The first-order chi connectivity index (χ1) is 13.2. The molecule has 0 aliphatic carbocycles. The molecule has 0 saturated carbocycles. The second-order valence-corrected chi connectivity index (χ2v) is 7.65. The van der Waals surface area contributed by atoms with E-state index in [1.807, 2.05) is 13.8 Å². The van der Waals surface area contributed by atoms with E-state index in [0.717, 1.165) is 15.8 Å². The number of ether oxygens (including phenoxy) is 2. The molecule has 150 valence electrons. The lowest BCUT2D eigenvalue weighted by Gasteiger charge is -2.08. The Labute approximate surface area is 171 Å². The van der Waals surface area contributed by atoms with Crippen LogP contribution in [0.25, 0.3) is 11.3 Å². The molecule has 0 radical (unpaired) electrons. The van der Waals surface area contributed by atoms with Crippen molar-refractivity contribution < 1.29 is 22.6 Å². The van der Waals surface area contributed by atoms with Crippen LogP contribution in [0.4, 0.5) is 13.2 Å². The number of benzene rings is 1. The van der Waals surface area contributed by atoms with E-state index in [4.69, 9.17) is 27.9 Å². The highest BCUT2D eigenvalue weighted by Crippen LogP contribution is 2.41. The molecule has 0 unspecified atom stereocenters. The number of hydrogen-bond donors (Lipinski definition) is 0. The Hall–Kier alpha value is -2.04. The normalized spacial score (nSPS) is 11.5. The smallest absolute Gasteiger partial charge is 0.388 e. The molecule has 0 N–H and O–H groups in total. The molecule has 0 bridgehead atoms. The average molecular weight is 453 g/mol. The molecule has 3 rings (SSSR count). The van der Waals surface area contributed by atoms with E-state index in [9.17, 15) is 13.2 Å². The molecule has 2 aromatic heterocycles. The van der Waals surface area contributed by atoms with Crippen molar-refractivity contribution in [3.05, 3.63) is 33.0 Å². The highest BCUT2D eigenvalue weighted by molar-refractivity contribution is 7.13. The van der Waals surface area contributed by atoms with Crippen molar-refractivity contribution in [1.29, 1.82) is 0 Å². The number of rotatable bonds is 6. The van der Waals surface area contributed by atoms with Gasteiger partial charge in [0.2, 0.25) is 5.88 Å². The first-order valence-electron chi connectivity index (χ1n) is 7.85. The fourth-order valence-electron chi connectivity index (χ4n) is 2.24. The lowest BCUT2D eigenvalue weighted by atomic mass is 10.1. The second-order valence-electron chi connectivity index (χ2n) is 5.90. The molecule has 0 saturated heterocycles. The summed E-state index contributed by atoms with van der Waals surface area (Å²) in [6.07, 6.45) is 0. The van der Waals surface area contributed by atoms with Crippen LogP contribution in [-0.2, 0) is 7.05 Å². The van der Waals surface area contributed by atoms with Gasteiger partial charge >= 0.3 is 6.61 Å². The molecule has 0 atom stereocenters. The van der Waals surface area contributed by atoms with Gasteiger partial charge < -0.3 is 9.47 Å². The fourth-order valence-corrected chi connectivity index (χ4v) is 3.45. The van der Waals surface area contributed by atoms with Crippen molar-refractivity contribution in [2.45, 2.75) is 26.4 Å². The third kappa shape index (κ3) is 4.18. The SMILES string of the molecule is CC(C)c1nnc(Oc2cc(-c3nn(C)c(OC(F)F)c3Cl)c(F)cc2Cl)s1. The second kappa shape index (κ2) is 8.14. The molecule has 3 aromatic rings. The molecular formula is C16H13Cl2F3N4O2S. The van der Waals surface area contributed by atoms with E-state index in [1.54, 1.807) is 0 Å². The van der Waals surface area contributed by atoms with Crippen LogP contribution in [-0.4, -0.2) is 26.6 Å². The van der Waals surface area contributed by atoms with Crippen LogP contribution in [0.5, 0.6) is 16.8 Å². The van der Waals surface area contributed by atoms with Gasteiger partial charge in [-0.05, 0) is 12.1 Å². The van der Waals surface area contributed by atoms with Gasteiger partial charge in [-0.1, -0.05) is 53.5 Å². The summed E-state index contributed by atoms with van der Waals surface area (Å²) in [5, 5.41) is 12.6. The monoisotopic (exact) mass is 452 g/mol. The van der Waals surface area contributed by atoms with Crippen molar-refractivity contribution in [3.63, 3.8) is 0 Å². The Kier molecular flexibility index (Phi) is 6.01. The third-order valence-electron chi connectivity index (χ3n) is 3.53. The molecule has 28 heavy (non-hydrogen) atoms. The maximum atomic E-state index is 14.5. The molecule has 0 aliphatic rings. The minimum absolute atomic E-state index is 0.0151. The maximum absolute atomic E-state index is 14.5. The molecule has 1 aromatic carbocycles. The van der Waals surface area contributed by atoms with Crippen LogP contribution in [0.15, 0.2) is 12.1 Å². The van der Waals surface area contributed by atoms with Crippen molar-refractivity contribution in [2.24, 2.45) is 7.05 Å². The Morgan fingerprint density at radius 1 is 1.18 bits per heavy atom. The van der Waals surface area contributed by atoms with Crippen LogP contribution < -0.4 is 9.47 Å². The number of hydrogen-bond acceptors (Lipinski definition) is 6. The molecule has 6 nitrogen and oxygen atoms in total. The zero-order valence-corrected chi connectivity index (χ0v) is 17.0. The lowest BCUT2D eigenvalue weighted by molar-refractivity contribution is -0.0552. The maximum Gasteiger partial charge on any atom is 0.388 e. The van der Waals surface area contributed by atoms with Gasteiger partial charge in [0, 0.05) is 18.5 Å². The number of alkyl halides is 2. The molecule has 0 amide bonds. The molecular weight excluding hydrogens is 440 g/mol. The van der Waals surface area contributed by atoms with Crippen molar-refractivity contribution in [3.8, 4) is 28.1 Å². The predicted octanol–water partition coefficient (Wildman–Crippen LogP) is 5.90.